The Labute approximate surface area is 108 Å². The second kappa shape index (κ2) is 5.03. The number of nitriles is 2. The zero-order valence-electron chi connectivity index (χ0n) is 10.1. The number of aromatic nitrogens is 2. The van der Waals surface area contributed by atoms with Gasteiger partial charge in [-0.1, -0.05) is 0 Å². The highest BCUT2D eigenvalue weighted by Crippen LogP contribution is 2.14. The molecule has 92 valence electrons. The summed E-state index contributed by atoms with van der Waals surface area (Å²) < 4.78 is 1.40. The van der Waals surface area contributed by atoms with Gasteiger partial charge in [0.05, 0.1) is 17.2 Å². The van der Waals surface area contributed by atoms with Crippen LogP contribution < -0.4 is 10.9 Å². The normalized spacial score (nSPS) is 9.42. The zero-order valence-corrected chi connectivity index (χ0v) is 10.1. The molecule has 0 saturated carbocycles. The Morgan fingerprint density at radius 3 is 2.84 bits per heavy atom. The van der Waals surface area contributed by atoms with E-state index in [2.05, 4.69) is 10.3 Å². The lowest BCUT2D eigenvalue weighted by atomic mass is 10.2. The van der Waals surface area contributed by atoms with Crippen LogP contribution in [0.4, 0.5) is 5.69 Å². The highest BCUT2D eigenvalue weighted by Gasteiger charge is 2.02. The molecule has 0 aliphatic rings. The fourth-order valence-corrected chi connectivity index (χ4v) is 1.55. The number of nitrogens with one attached hydrogen (secondary N) is 1. The minimum absolute atomic E-state index is 0.0305. The molecular formula is C13H9N5O. The highest BCUT2D eigenvalue weighted by molar-refractivity contribution is 5.81. The monoisotopic (exact) mass is 251 g/mol. The van der Waals surface area contributed by atoms with Crippen molar-refractivity contribution in [3.05, 3.63) is 46.7 Å². The van der Waals surface area contributed by atoms with E-state index in [1.165, 1.54) is 17.1 Å². The van der Waals surface area contributed by atoms with Crippen molar-refractivity contribution in [1.29, 1.82) is 10.5 Å². The molecule has 6 heteroatoms. The highest BCUT2D eigenvalue weighted by atomic mass is 16.1. The summed E-state index contributed by atoms with van der Waals surface area (Å²) in [5, 5.41) is 20.5. The van der Waals surface area contributed by atoms with Crippen LogP contribution in [-0.4, -0.2) is 9.55 Å². The Morgan fingerprint density at radius 1 is 1.42 bits per heavy atom. The molecular weight excluding hydrogens is 242 g/mol. The lowest BCUT2D eigenvalue weighted by Gasteiger charge is -2.03. The maximum Gasteiger partial charge on any atom is 0.260 e. The molecule has 1 aromatic heterocycles. The summed E-state index contributed by atoms with van der Waals surface area (Å²) in [4.78, 5) is 15.9. The van der Waals surface area contributed by atoms with Gasteiger partial charge in [-0.05, 0) is 18.2 Å². The van der Waals surface area contributed by atoms with E-state index in [1.54, 1.807) is 37.4 Å². The molecule has 1 aromatic carbocycles. The average molecular weight is 251 g/mol. The minimum atomic E-state index is -0.123. The van der Waals surface area contributed by atoms with E-state index in [0.717, 1.165) is 0 Å². The van der Waals surface area contributed by atoms with Crippen LogP contribution in [-0.2, 0) is 7.05 Å². The number of allylic oxidation sites excluding steroid dienone is 1. The van der Waals surface area contributed by atoms with E-state index in [1.807, 2.05) is 0 Å². The Bertz CT molecular complexity index is 788. The molecule has 0 spiro atoms. The van der Waals surface area contributed by atoms with E-state index < -0.39 is 0 Å². The van der Waals surface area contributed by atoms with Crippen LogP contribution in [0.3, 0.4) is 0 Å². The number of rotatable bonds is 2. The number of hydrogen-bond donors (Lipinski definition) is 1. The van der Waals surface area contributed by atoms with Crippen LogP contribution in [0, 0.1) is 22.7 Å². The number of anilines is 1. The summed E-state index contributed by atoms with van der Waals surface area (Å²) in [7, 11) is 1.63. The van der Waals surface area contributed by atoms with E-state index in [0.29, 0.717) is 16.6 Å². The van der Waals surface area contributed by atoms with E-state index in [-0.39, 0.29) is 11.1 Å². The van der Waals surface area contributed by atoms with Crippen LogP contribution in [0.2, 0.25) is 0 Å². The van der Waals surface area contributed by atoms with Crippen molar-refractivity contribution in [2.75, 3.05) is 5.32 Å². The zero-order chi connectivity index (χ0) is 13.8. The maximum atomic E-state index is 11.8. The van der Waals surface area contributed by atoms with Crippen LogP contribution >= 0.6 is 0 Å². The summed E-state index contributed by atoms with van der Waals surface area (Å²) in [5.74, 6) is 0. The topological polar surface area (TPSA) is 94.5 Å². The number of fused-ring (bicyclic) bond motifs is 1. The van der Waals surface area contributed by atoms with Gasteiger partial charge in [0.25, 0.3) is 5.56 Å². The number of aryl methyl sites for hydroxylation is 1. The first kappa shape index (κ1) is 12.3. The molecule has 0 aliphatic carbocycles. The first-order valence-electron chi connectivity index (χ1n) is 5.38. The molecule has 0 saturated heterocycles. The second-order valence-corrected chi connectivity index (χ2v) is 3.82. The largest absolute Gasteiger partial charge is 0.360 e. The Hall–Kier alpha value is -3.12. The van der Waals surface area contributed by atoms with Crippen molar-refractivity contribution < 1.29 is 0 Å². The van der Waals surface area contributed by atoms with Crippen molar-refractivity contribution in [3.63, 3.8) is 0 Å². The van der Waals surface area contributed by atoms with Gasteiger partial charge in [0.15, 0.2) is 0 Å². The van der Waals surface area contributed by atoms with E-state index in [9.17, 15) is 4.79 Å². The molecule has 2 aromatic rings. The quantitative estimate of drug-likeness (QED) is 0.811. The molecule has 0 radical (unpaired) electrons. The van der Waals surface area contributed by atoms with Crippen molar-refractivity contribution in [2.24, 2.45) is 7.05 Å². The first-order valence-corrected chi connectivity index (χ1v) is 5.38. The summed E-state index contributed by atoms with van der Waals surface area (Å²) in [5.41, 5.74) is 1.05. The van der Waals surface area contributed by atoms with Gasteiger partial charge in [-0.25, -0.2) is 4.98 Å². The third-order valence-electron chi connectivity index (χ3n) is 2.54. The molecule has 0 atom stereocenters. The van der Waals surface area contributed by atoms with Crippen molar-refractivity contribution in [2.45, 2.75) is 0 Å². The number of hydrogen-bond acceptors (Lipinski definition) is 5. The van der Waals surface area contributed by atoms with Crippen LogP contribution in [0.25, 0.3) is 10.9 Å². The van der Waals surface area contributed by atoms with Gasteiger partial charge in [0.2, 0.25) is 0 Å². The Kier molecular flexibility index (Phi) is 3.26. The predicted octanol–water partition coefficient (Wildman–Crippen LogP) is 1.28. The lowest BCUT2D eigenvalue weighted by Crippen LogP contribution is -2.16. The molecule has 0 unspecified atom stereocenters. The minimum Gasteiger partial charge on any atom is -0.360 e. The first-order chi connectivity index (χ1) is 9.15. The summed E-state index contributed by atoms with van der Waals surface area (Å²) in [6, 6.07) is 8.51. The van der Waals surface area contributed by atoms with Gasteiger partial charge in [-0.3, -0.25) is 4.79 Å². The van der Waals surface area contributed by atoms with Gasteiger partial charge in [-0.2, -0.15) is 10.5 Å². The molecule has 0 amide bonds. The molecule has 2 rings (SSSR count). The third kappa shape index (κ3) is 2.43. The van der Waals surface area contributed by atoms with Gasteiger partial charge >= 0.3 is 0 Å². The summed E-state index contributed by atoms with van der Waals surface area (Å²) in [6.45, 7) is 0. The van der Waals surface area contributed by atoms with Gasteiger partial charge in [0.1, 0.15) is 17.7 Å². The summed E-state index contributed by atoms with van der Waals surface area (Å²) >= 11 is 0. The second-order valence-electron chi connectivity index (χ2n) is 3.82. The molecule has 6 nitrogen and oxygen atoms in total. The van der Waals surface area contributed by atoms with Crippen molar-refractivity contribution >= 4 is 16.6 Å². The lowest BCUT2D eigenvalue weighted by molar-refractivity contribution is 0.843. The smallest absolute Gasteiger partial charge is 0.260 e. The Balaban J connectivity index is 2.42. The standard InChI is InChI=1S/C13H9N5O/c1-18-8-17-12-4-10(2-3-11(12)13(18)19)16-7-9(5-14)6-15/h2-4,7-8,16H,1H3. The number of nitrogens with zero attached hydrogens (tertiary/aromatic N) is 4. The van der Waals surface area contributed by atoms with Gasteiger partial charge in [0, 0.05) is 18.9 Å². The molecule has 0 fully saturated rings. The Morgan fingerprint density at radius 2 is 2.16 bits per heavy atom. The van der Waals surface area contributed by atoms with Gasteiger partial charge < -0.3 is 9.88 Å². The fourth-order valence-electron chi connectivity index (χ4n) is 1.55. The third-order valence-corrected chi connectivity index (χ3v) is 2.54. The van der Waals surface area contributed by atoms with Crippen molar-refractivity contribution in [1.82, 2.24) is 9.55 Å². The molecule has 19 heavy (non-hydrogen) atoms. The SMILES string of the molecule is Cn1cnc2cc(NC=C(C#N)C#N)ccc2c1=O. The van der Waals surface area contributed by atoms with Crippen LogP contribution in [0.15, 0.2) is 41.1 Å². The van der Waals surface area contributed by atoms with Crippen molar-refractivity contribution in [3.8, 4) is 12.1 Å². The molecule has 0 aliphatic heterocycles. The maximum absolute atomic E-state index is 11.8. The van der Waals surface area contributed by atoms with E-state index >= 15 is 0 Å². The van der Waals surface area contributed by atoms with Crippen LogP contribution in [0.5, 0.6) is 0 Å². The van der Waals surface area contributed by atoms with Gasteiger partial charge in [-0.15, -0.1) is 0 Å². The predicted molar refractivity (Wildman–Crippen MR) is 69.9 cm³/mol. The van der Waals surface area contributed by atoms with Crippen LogP contribution in [0.1, 0.15) is 0 Å². The molecule has 0 bridgehead atoms. The number of benzene rings is 1. The molecule has 1 heterocycles. The summed E-state index contributed by atoms with van der Waals surface area (Å²) in [6.07, 6.45) is 2.75. The van der Waals surface area contributed by atoms with E-state index in [4.69, 9.17) is 10.5 Å². The average Bonchev–Trinajstić information content (AvgIpc) is 2.44. The fraction of sp³-hybridized carbons (Fsp3) is 0.0769. The molecule has 1 N–H and O–H groups in total.